The SMILES string of the molecule is Cc1sc(CN)cc1S(=O)(=O)N(C)CC1CCN(C)C1. The summed E-state index contributed by atoms with van der Waals surface area (Å²) in [4.78, 5) is 4.39. The molecule has 0 bridgehead atoms. The number of nitrogens with two attached hydrogens (primary N) is 1. The van der Waals surface area contributed by atoms with Gasteiger partial charge in [-0.15, -0.1) is 11.3 Å². The number of hydrogen-bond acceptors (Lipinski definition) is 5. The van der Waals surface area contributed by atoms with Gasteiger partial charge in [-0.25, -0.2) is 12.7 Å². The zero-order valence-electron chi connectivity index (χ0n) is 12.3. The van der Waals surface area contributed by atoms with Crippen LogP contribution in [0.5, 0.6) is 0 Å². The van der Waals surface area contributed by atoms with E-state index in [1.165, 1.54) is 15.6 Å². The summed E-state index contributed by atoms with van der Waals surface area (Å²) in [5.41, 5.74) is 5.60. The summed E-state index contributed by atoms with van der Waals surface area (Å²) in [6.07, 6.45) is 1.06. The Kier molecular flexibility index (Phi) is 4.86. The number of thiophene rings is 1. The molecule has 114 valence electrons. The number of hydrogen-bond donors (Lipinski definition) is 1. The average molecular weight is 317 g/mol. The maximum absolute atomic E-state index is 12.6. The van der Waals surface area contributed by atoms with Crippen molar-refractivity contribution in [3.05, 3.63) is 15.8 Å². The van der Waals surface area contributed by atoms with Gasteiger partial charge in [-0.2, -0.15) is 0 Å². The largest absolute Gasteiger partial charge is 0.326 e. The van der Waals surface area contributed by atoms with E-state index in [4.69, 9.17) is 5.73 Å². The normalized spacial score (nSPS) is 20.9. The van der Waals surface area contributed by atoms with Crippen LogP contribution in [0.2, 0.25) is 0 Å². The summed E-state index contributed by atoms with van der Waals surface area (Å²) in [5, 5.41) is 0. The zero-order valence-corrected chi connectivity index (χ0v) is 13.9. The molecule has 0 amide bonds. The van der Waals surface area contributed by atoms with Crippen LogP contribution in [0, 0.1) is 12.8 Å². The highest BCUT2D eigenvalue weighted by Gasteiger charge is 2.29. The van der Waals surface area contributed by atoms with E-state index in [1.807, 2.05) is 6.92 Å². The van der Waals surface area contributed by atoms with Crippen LogP contribution in [0.3, 0.4) is 0 Å². The summed E-state index contributed by atoms with van der Waals surface area (Å²) in [7, 11) is 0.354. The predicted octanol–water partition coefficient (Wildman–Crippen LogP) is 1.09. The van der Waals surface area contributed by atoms with E-state index in [9.17, 15) is 8.42 Å². The van der Waals surface area contributed by atoms with Crippen LogP contribution in [0.1, 0.15) is 16.2 Å². The van der Waals surface area contributed by atoms with Gasteiger partial charge in [0, 0.05) is 36.4 Å². The maximum Gasteiger partial charge on any atom is 0.243 e. The first-order chi connectivity index (χ1) is 9.34. The summed E-state index contributed by atoms with van der Waals surface area (Å²) in [6, 6.07) is 1.71. The molecule has 1 unspecified atom stereocenters. The first-order valence-electron chi connectivity index (χ1n) is 6.79. The van der Waals surface area contributed by atoms with Gasteiger partial charge in [-0.3, -0.25) is 0 Å². The molecule has 0 radical (unpaired) electrons. The number of likely N-dealkylation sites (tertiary alicyclic amines) is 1. The van der Waals surface area contributed by atoms with Gasteiger partial charge in [0.2, 0.25) is 10.0 Å². The van der Waals surface area contributed by atoms with Crippen molar-refractivity contribution < 1.29 is 8.42 Å². The monoisotopic (exact) mass is 317 g/mol. The maximum atomic E-state index is 12.6. The second-order valence-corrected chi connectivity index (χ2v) is 8.89. The van der Waals surface area contributed by atoms with Crippen LogP contribution in [0.15, 0.2) is 11.0 Å². The van der Waals surface area contributed by atoms with Crippen LogP contribution in [0.4, 0.5) is 0 Å². The lowest BCUT2D eigenvalue weighted by Crippen LogP contribution is -2.33. The lowest BCUT2D eigenvalue weighted by molar-refractivity contribution is 0.356. The Morgan fingerprint density at radius 2 is 2.25 bits per heavy atom. The molecular formula is C13H23N3O2S2. The molecule has 1 saturated heterocycles. The van der Waals surface area contributed by atoms with Gasteiger partial charge >= 0.3 is 0 Å². The topological polar surface area (TPSA) is 66.6 Å². The van der Waals surface area contributed by atoms with Crippen molar-refractivity contribution in [2.45, 2.75) is 24.8 Å². The average Bonchev–Trinajstić information content (AvgIpc) is 2.95. The first-order valence-corrected chi connectivity index (χ1v) is 9.04. The third-order valence-electron chi connectivity index (χ3n) is 3.82. The summed E-state index contributed by atoms with van der Waals surface area (Å²) < 4.78 is 26.8. The zero-order chi connectivity index (χ0) is 14.9. The third-order valence-corrected chi connectivity index (χ3v) is 6.97. The standard InChI is InChI=1S/C13H23N3O2S2/c1-10-13(6-12(7-14)19-10)20(17,18)16(3)9-11-4-5-15(2)8-11/h6,11H,4-5,7-9,14H2,1-3H3. The van der Waals surface area contributed by atoms with E-state index < -0.39 is 10.0 Å². The predicted molar refractivity (Wildman–Crippen MR) is 82.4 cm³/mol. The van der Waals surface area contributed by atoms with E-state index in [0.29, 0.717) is 23.9 Å². The highest BCUT2D eigenvalue weighted by atomic mass is 32.2. The smallest absolute Gasteiger partial charge is 0.243 e. The minimum Gasteiger partial charge on any atom is -0.326 e. The van der Waals surface area contributed by atoms with Crippen molar-refractivity contribution in [1.29, 1.82) is 0 Å². The molecule has 5 nitrogen and oxygen atoms in total. The van der Waals surface area contributed by atoms with E-state index >= 15 is 0 Å². The minimum atomic E-state index is -3.39. The summed E-state index contributed by atoms with van der Waals surface area (Å²) in [6.45, 7) is 4.83. The van der Waals surface area contributed by atoms with E-state index in [2.05, 4.69) is 11.9 Å². The number of aryl methyl sites for hydroxylation is 1. The molecule has 0 saturated carbocycles. The molecule has 1 aliphatic heterocycles. The lowest BCUT2D eigenvalue weighted by Gasteiger charge is -2.20. The molecule has 0 spiro atoms. The number of nitrogens with zero attached hydrogens (tertiary/aromatic N) is 2. The summed E-state index contributed by atoms with van der Waals surface area (Å²) >= 11 is 1.46. The molecule has 1 fully saturated rings. The van der Waals surface area contributed by atoms with E-state index in [0.717, 1.165) is 29.3 Å². The lowest BCUT2D eigenvalue weighted by atomic mass is 10.1. The van der Waals surface area contributed by atoms with Crippen molar-refractivity contribution in [3.63, 3.8) is 0 Å². The Hall–Kier alpha value is -0.470. The molecule has 0 aliphatic carbocycles. The molecule has 1 aliphatic rings. The first kappa shape index (κ1) is 15.9. The van der Waals surface area contributed by atoms with Gasteiger partial charge in [0.05, 0.1) is 4.90 Å². The Morgan fingerprint density at radius 3 is 2.75 bits per heavy atom. The Balaban J connectivity index is 2.14. The fraction of sp³-hybridized carbons (Fsp3) is 0.692. The van der Waals surface area contributed by atoms with Gasteiger partial charge in [-0.1, -0.05) is 0 Å². The molecule has 1 aromatic rings. The van der Waals surface area contributed by atoms with E-state index in [-0.39, 0.29) is 0 Å². The highest BCUT2D eigenvalue weighted by Crippen LogP contribution is 2.28. The van der Waals surface area contributed by atoms with Crippen molar-refractivity contribution in [2.24, 2.45) is 11.7 Å². The van der Waals surface area contributed by atoms with Gasteiger partial charge in [0.15, 0.2) is 0 Å². The Bertz CT molecular complexity index is 568. The molecule has 7 heteroatoms. The fourth-order valence-electron chi connectivity index (χ4n) is 2.69. The molecular weight excluding hydrogens is 294 g/mol. The molecule has 2 heterocycles. The molecule has 20 heavy (non-hydrogen) atoms. The van der Waals surface area contributed by atoms with Crippen LogP contribution in [-0.4, -0.2) is 51.4 Å². The van der Waals surface area contributed by atoms with Crippen molar-refractivity contribution in [1.82, 2.24) is 9.21 Å². The van der Waals surface area contributed by atoms with E-state index in [1.54, 1.807) is 13.1 Å². The Morgan fingerprint density at radius 1 is 1.55 bits per heavy atom. The van der Waals surface area contributed by atoms with Crippen LogP contribution in [-0.2, 0) is 16.6 Å². The van der Waals surface area contributed by atoms with Gasteiger partial charge in [0.1, 0.15) is 0 Å². The number of sulfonamides is 1. The fourth-order valence-corrected chi connectivity index (χ4v) is 5.41. The molecule has 2 N–H and O–H groups in total. The van der Waals surface area contributed by atoms with Crippen molar-refractivity contribution >= 4 is 21.4 Å². The van der Waals surface area contributed by atoms with Crippen LogP contribution >= 0.6 is 11.3 Å². The molecule has 1 atom stereocenters. The van der Waals surface area contributed by atoms with Crippen LogP contribution in [0.25, 0.3) is 0 Å². The van der Waals surface area contributed by atoms with Gasteiger partial charge in [-0.05, 0) is 38.9 Å². The highest BCUT2D eigenvalue weighted by molar-refractivity contribution is 7.89. The van der Waals surface area contributed by atoms with Crippen molar-refractivity contribution in [2.75, 3.05) is 33.7 Å². The van der Waals surface area contributed by atoms with Crippen LogP contribution < -0.4 is 5.73 Å². The minimum absolute atomic E-state index is 0.387. The number of rotatable bonds is 5. The van der Waals surface area contributed by atoms with Gasteiger partial charge < -0.3 is 10.6 Å². The second-order valence-electron chi connectivity index (χ2n) is 5.54. The summed E-state index contributed by atoms with van der Waals surface area (Å²) in [5.74, 6) is 0.424. The Labute approximate surface area is 125 Å². The van der Waals surface area contributed by atoms with Crippen molar-refractivity contribution in [3.8, 4) is 0 Å². The quantitative estimate of drug-likeness (QED) is 0.883. The molecule has 0 aromatic carbocycles. The molecule has 2 rings (SSSR count). The third kappa shape index (κ3) is 3.23. The second kappa shape index (κ2) is 6.11. The molecule has 1 aromatic heterocycles. The van der Waals surface area contributed by atoms with Gasteiger partial charge in [0.25, 0.3) is 0 Å².